The van der Waals surface area contributed by atoms with Crippen molar-refractivity contribution in [2.24, 2.45) is 11.8 Å². The third-order valence-corrected chi connectivity index (χ3v) is 6.96. The van der Waals surface area contributed by atoms with Crippen molar-refractivity contribution in [3.05, 3.63) is 46.5 Å². The number of aromatic nitrogens is 1. The summed E-state index contributed by atoms with van der Waals surface area (Å²) < 4.78 is 15.6. The van der Waals surface area contributed by atoms with E-state index in [0.29, 0.717) is 31.5 Å². The molecular weight excluding hydrogens is 384 g/mol. The predicted molar refractivity (Wildman–Crippen MR) is 114 cm³/mol. The summed E-state index contributed by atoms with van der Waals surface area (Å²) in [6, 6.07) is 5.67. The van der Waals surface area contributed by atoms with Crippen LogP contribution in [0.1, 0.15) is 37.1 Å². The number of piperidine rings is 1. The van der Waals surface area contributed by atoms with E-state index < -0.39 is 0 Å². The van der Waals surface area contributed by atoms with Crippen LogP contribution in [0.2, 0.25) is 0 Å². The first-order valence-electron chi connectivity index (χ1n) is 10.5. The third kappa shape index (κ3) is 3.17. The highest BCUT2D eigenvalue weighted by molar-refractivity contribution is 5.91. The summed E-state index contributed by atoms with van der Waals surface area (Å²) in [5, 5.41) is 15.0. The second kappa shape index (κ2) is 7.96. The third-order valence-electron chi connectivity index (χ3n) is 6.96. The van der Waals surface area contributed by atoms with Crippen LogP contribution < -0.4 is 4.74 Å². The maximum Gasteiger partial charge on any atom is 0.337 e. The number of nitrogens with one attached hydrogen (secondary N) is 1. The van der Waals surface area contributed by atoms with E-state index in [1.807, 2.05) is 18.2 Å². The molecule has 1 N–H and O–H groups in total. The van der Waals surface area contributed by atoms with E-state index in [1.54, 1.807) is 7.11 Å². The average molecular weight is 415 g/mol. The van der Waals surface area contributed by atoms with Gasteiger partial charge in [-0.05, 0) is 24.1 Å². The number of methoxy groups -OCH3 is 3. The lowest BCUT2D eigenvalue weighted by Crippen LogP contribution is -2.57. The molecule has 0 amide bonds. The van der Waals surface area contributed by atoms with Crippen LogP contribution in [-0.4, -0.2) is 50.0 Å². The second-order valence-corrected chi connectivity index (χ2v) is 8.34. The van der Waals surface area contributed by atoms with E-state index >= 15 is 0 Å². The maximum absolute atomic E-state index is 14.0. The topological polar surface area (TPSA) is 83.6 Å². The quantitative estimate of drug-likeness (QED) is 0.264. The van der Waals surface area contributed by atoms with Crippen molar-refractivity contribution in [1.82, 2.24) is 4.98 Å². The van der Waals surface area contributed by atoms with Crippen LogP contribution >= 0.6 is 0 Å². The number of hydrogen-bond donors (Lipinski definition) is 1. The Kier molecular flexibility index (Phi) is 5.51. The molecule has 0 saturated carbocycles. The number of benzene rings is 1. The van der Waals surface area contributed by atoms with E-state index in [4.69, 9.17) is 14.2 Å². The summed E-state index contributed by atoms with van der Waals surface area (Å²) in [4.78, 5) is 16.0. The number of hydroxylamine groups is 3. The summed E-state index contributed by atoms with van der Waals surface area (Å²) in [6.45, 7) is 3.10. The summed E-state index contributed by atoms with van der Waals surface area (Å²) >= 11 is 0. The molecule has 0 aliphatic carbocycles. The van der Waals surface area contributed by atoms with Crippen molar-refractivity contribution >= 4 is 16.9 Å². The van der Waals surface area contributed by atoms with Gasteiger partial charge in [-0.15, -0.1) is 0 Å². The number of rotatable bonds is 5. The molecule has 2 aliphatic rings. The molecule has 2 aliphatic heterocycles. The largest absolute Gasteiger partial charge is 0.632 e. The minimum atomic E-state index is -0.388. The molecule has 4 atom stereocenters. The standard InChI is InChI=1S/C23H30N2O5/c1-5-14-12-25(27)10-9-15-21-18(7-6-8-20(21)29-3)24-22(15)19(25)11-16(14)17(13-28-2)23(26)30-4/h6-8,13-14,16,19,24H,5,9-12H2,1-4H3/b17-13+/t14-,16+,19-,25?/m1/s1. The summed E-state index contributed by atoms with van der Waals surface area (Å²) in [6.07, 6.45) is 3.61. The van der Waals surface area contributed by atoms with E-state index in [1.165, 1.54) is 26.0 Å². The molecule has 0 radical (unpaired) electrons. The van der Waals surface area contributed by atoms with Gasteiger partial charge in [-0.1, -0.05) is 13.0 Å². The van der Waals surface area contributed by atoms with E-state index in [2.05, 4.69) is 11.9 Å². The SMILES string of the molecule is CC[C@@H]1C[N+]2([O-])CCc3c([nH]c4cccc(OC)c34)[C@H]2C[C@@H]1/C(=C\OC)C(=O)OC. The van der Waals surface area contributed by atoms with Crippen molar-refractivity contribution < 1.29 is 23.7 Å². The van der Waals surface area contributed by atoms with Gasteiger partial charge in [-0.25, -0.2) is 4.79 Å². The average Bonchev–Trinajstić information content (AvgIpc) is 3.14. The van der Waals surface area contributed by atoms with Crippen LogP contribution in [-0.2, 0) is 20.7 Å². The Morgan fingerprint density at radius 2 is 2.13 bits per heavy atom. The first-order valence-corrected chi connectivity index (χ1v) is 10.5. The molecule has 7 nitrogen and oxygen atoms in total. The molecule has 1 aromatic heterocycles. The van der Waals surface area contributed by atoms with Crippen LogP contribution in [0.15, 0.2) is 30.0 Å². The normalized spacial score (nSPS) is 28.6. The van der Waals surface area contributed by atoms with Gasteiger partial charge in [0.1, 0.15) is 11.8 Å². The fourth-order valence-electron chi connectivity index (χ4n) is 5.52. The highest BCUT2D eigenvalue weighted by Gasteiger charge is 2.49. The van der Waals surface area contributed by atoms with Crippen molar-refractivity contribution in [2.45, 2.75) is 32.2 Å². The van der Waals surface area contributed by atoms with Gasteiger partial charge in [0, 0.05) is 35.6 Å². The number of nitrogens with zero attached hydrogens (tertiary/aromatic N) is 1. The molecule has 3 heterocycles. The molecule has 1 fully saturated rings. The lowest BCUT2D eigenvalue weighted by Gasteiger charge is -2.57. The molecule has 4 rings (SSSR count). The number of hydrogen-bond acceptors (Lipinski definition) is 5. The van der Waals surface area contributed by atoms with E-state index in [-0.39, 0.29) is 28.5 Å². The molecule has 162 valence electrons. The Balaban J connectivity index is 1.81. The molecule has 2 aromatic rings. The smallest absolute Gasteiger partial charge is 0.337 e. The zero-order valence-electron chi connectivity index (χ0n) is 18.1. The van der Waals surface area contributed by atoms with Gasteiger partial charge in [0.15, 0.2) is 0 Å². The van der Waals surface area contributed by atoms with Gasteiger partial charge in [0.05, 0.1) is 51.9 Å². The summed E-state index contributed by atoms with van der Waals surface area (Å²) in [5.41, 5.74) is 3.65. The Hall–Kier alpha value is -2.51. The number of quaternary nitrogens is 1. The highest BCUT2D eigenvalue weighted by atomic mass is 16.5. The fourth-order valence-corrected chi connectivity index (χ4v) is 5.52. The number of aromatic amines is 1. The van der Waals surface area contributed by atoms with Gasteiger partial charge >= 0.3 is 5.97 Å². The van der Waals surface area contributed by atoms with Crippen molar-refractivity contribution in [2.75, 3.05) is 34.4 Å². The van der Waals surface area contributed by atoms with Crippen molar-refractivity contribution in [3.8, 4) is 5.75 Å². The van der Waals surface area contributed by atoms with Crippen molar-refractivity contribution in [3.63, 3.8) is 0 Å². The second-order valence-electron chi connectivity index (χ2n) is 8.34. The van der Waals surface area contributed by atoms with Gasteiger partial charge in [-0.2, -0.15) is 0 Å². The molecule has 7 heteroatoms. The van der Waals surface area contributed by atoms with Crippen LogP contribution in [0, 0.1) is 17.0 Å². The molecule has 0 bridgehead atoms. The molecule has 30 heavy (non-hydrogen) atoms. The number of carbonyl (C=O) groups is 1. The molecule has 0 spiro atoms. The van der Waals surface area contributed by atoms with Crippen molar-refractivity contribution in [1.29, 1.82) is 0 Å². The summed E-state index contributed by atoms with van der Waals surface area (Å²) in [5.74, 6) is 0.441. The predicted octanol–water partition coefficient (Wildman–Crippen LogP) is 3.84. The molecule has 1 aromatic carbocycles. The molecule has 1 saturated heterocycles. The minimum absolute atomic E-state index is 0.0909. The van der Waals surface area contributed by atoms with Gasteiger partial charge in [-0.3, -0.25) is 0 Å². The van der Waals surface area contributed by atoms with Crippen LogP contribution in [0.4, 0.5) is 0 Å². The summed E-state index contributed by atoms with van der Waals surface area (Å²) in [7, 11) is 4.58. The maximum atomic E-state index is 14.0. The molecular formula is C23H30N2O5. The zero-order valence-corrected chi connectivity index (χ0v) is 18.1. The first kappa shape index (κ1) is 20.8. The Bertz CT molecular complexity index is 981. The lowest BCUT2D eigenvalue weighted by molar-refractivity contribution is -0.924. The zero-order chi connectivity index (χ0) is 21.5. The number of carbonyl (C=O) groups excluding carboxylic acids is 1. The Morgan fingerprint density at radius 3 is 2.80 bits per heavy atom. The highest BCUT2D eigenvalue weighted by Crippen LogP contribution is 2.50. The van der Waals surface area contributed by atoms with Crippen LogP contribution in [0.5, 0.6) is 5.75 Å². The number of fused-ring (bicyclic) bond motifs is 5. The number of ether oxygens (including phenoxy) is 3. The lowest BCUT2D eigenvalue weighted by atomic mass is 9.73. The molecule has 1 unspecified atom stereocenters. The van der Waals surface area contributed by atoms with Gasteiger partial charge in [0.25, 0.3) is 0 Å². The Labute approximate surface area is 176 Å². The fraction of sp³-hybridized carbons (Fsp3) is 0.522. The van der Waals surface area contributed by atoms with E-state index in [9.17, 15) is 10.0 Å². The first-order chi connectivity index (χ1) is 14.5. The van der Waals surface area contributed by atoms with Gasteiger partial charge in [0.2, 0.25) is 0 Å². The number of H-pyrrole nitrogens is 1. The Morgan fingerprint density at radius 1 is 1.33 bits per heavy atom. The van der Waals surface area contributed by atoms with Crippen LogP contribution in [0.3, 0.4) is 0 Å². The number of esters is 1. The van der Waals surface area contributed by atoms with Gasteiger partial charge < -0.3 is 29.0 Å². The van der Waals surface area contributed by atoms with E-state index in [0.717, 1.165) is 28.8 Å². The minimum Gasteiger partial charge on any atom is -0.632 e. The van der Waals surface area contributed by atoms with Crippen LogP contribution in [0.25, 0.3) is 10.9 Å². The monoisotopic (exact) mass is 414 g/mol.